The first-order valence-corrected chi connectivity index (χ1v) is 14.1. The van der Waals surface area contributed by atoms with Crippen LogP contribution in [0.1, 0.15) is 91.1 Å². The lowest BCUT2D eigenvalue weighted by Crippen LogP contribution is -2.67. The molecule has 1 aromatic rings. The second kappa shape index (κ2) is 13.2. The van der Waals surface area contributed by atoms with Crippen LogP contribution >= 0.6 is 0 Å². The Morgan fingerprint density at radius 2 is 1.19 bits per heavy atom. The quantitative estimate of drug-likeness (QED) is 0.381. The predicted molar refractivity (Wildman–Crippen MR) is 151 cm³/mol. The summed E-state index contributed by atoms with van der Waals surface area (Å²) in [5, 5.41) is 1.98. The van der Waals surface area contributed by atoms with Gasteiger partial charge in [0.25, 0.3) is 0 Å². The molecule has 2 aliphatic rings. The molecule has 0 saturated heterocycles. The zero-order chi connectivity index (χ0) is 32.3. The molecule has 0 spiro atoms. The Bertz CT molecular complexity index is 1290. The van der Waals surface area contributed by atoms with Gasteiger partial charge in [0.05, 0.1) is 35.6 Å². The van der Waals surface area contributed by atoms with Crippen LogP contribution in [0.4, 0.5) is 19.2 Å². The summed E-state index contributed by atoms with van der Waals surface area (Å²) in [6.07, 6.45) is -8.50. The molecule has 0 N–H and O–H groups in total. The topological polar surface area (TPSA) is 144 Å². The van der Waals surface area contributed by atoms with E-state index >= 15 is 0 Å². The van der Waals surface area contributed by atoms with E-state index in [1.807, 2.05) is 13.8 Å². The molecular formula is C29H40N4O10. The van der Waals surface area contributed by atoms with E-state index in [1.54, 1.807) is 73.6 Å². The first-order valence-electron chi connectivity index (χ1n) is 14.1. The monoisotopic (exact) mass is 604 g/mol. The maximum absolute atomic E-state index is 14.1. The summed E-state index contributed by atoms with van der Waals surface area (Å²) in [5.74, 6) is -0.461. The normalized spacial score (nSPS) is 16.6. The maximum Gasteiger partial charge on any atom is 0.451 e. The molecule has 1 atom stereocenters. The summed E-state index contributed by atoms with van der Waals surface area (Å²) in [4.78, 5) is 68.7. The molecule has 1 unspecified atom stereocenters. The third-order valence-corrected chi connectivity index (χ3v) is 5.80. The Balaban J connectivity index is 2.39. The van der Waals surface area contributed by atoms with Gasteiger partial charge < -0.3 is 23.7 Å². The molecule has 14 nitrogen and oxygen atoms in total. The van der Waals surface area contributed by atoms with E-state index in [0.717, 1.165) is 11.8 Å². The van der Waals surface area contributed by atoms with Crippen molar-refractivity contribution in [2.75, 3.05) is 0 Å². The summed E-state index contributed by atoms with van der Waals surface area (Å²) in [6, 6.07) is 4.98. The van der Waals surface area contributed by atoms with Crippen LogP contribution in [0.2, 0.25) is 0 Å². The lowest BCUT2D eigenvalue weighted by Gasteiger charge is -2.42. The fourth-order valence-electron chi connectivity index (χ4n) is 4.05. The van der Waals surface area contributed by atoms with Crippen LogP contribution in [0.3, 0.4) is 0 Å². The van der Waals surface area contributed by atoms with E-state index in [2.05, 4.69) is 0 Å². The summed E-state index contributed by atoms with van der Waals surface area (Å²) in [6.45, 7) is 16.3. The second-order valence-electron chi connectivity index (χ2n) is 11.3. The molecular weight excluding hydrogens is 564 g/mol. The van der Waals surface area contributed by atoms with Crippen LogP contribution in [-0.2, 0) is 18.9 Å². The van der Waals surface area contributed by atoms with Crippen LogP contribution < -0.4 is 4.74 Å². The minimum atomic E-state index is -1.69. The van der Waals surface area contributed by atoms with Gasteiger partial charge in [-0.1, -0.05) is 30.1 Å². The van der Waals surface area contributed by atoms with Crippen LogP contribution in [0, 0.1) is 0 Å². The molecule has 0 fully saturated rings. The van der Waals surface area contributed by atoms with Crippen molar-refractivity contribution in [3.63, 3.8) is 0 Å². The van der Waals surface area contributed by atoms with Gasteiger partial charge in [0.1, 0.15) is 5.75 Å². The lowest BCUT2D eigenvalue weighted by atomic mass is 9.93. The molecule has 0 bridgehead atoms. The second-order valence-corrected chi connectivity index (χ2v) is 11.3. The average molecular weight is 605 g/mol. The molecule has 2 aliphatic heterocycles. The zero-order valence-electron chi connectivity index (χ0n) is 26.1. The number of hydrazine groups is 3. The van der Waals surface area contributed by atoms with Gasteiger partial charge in [0, 0.05) is 6.20 Å². The van der Waals surface area contributed by atoms with Gasteiger partial charge in [0.2, 0.25) is 6.23 Å². The van der Waals surface area contributed by atoms with Gasteiger partial charge in [-0.3, -0.25) is 4.79 Å². The van der Waals surface area contributed by atoms with Gasteiger partial charge in [0.15, 0.2) is 5.78 Å². The highest BCUT2D eigenvalue weighted by Gasteiger charge is 2.53. The van der Waals surface area contributed by atoms with Crippen LogP contribution in [-0.4, -0.2) is 81.1 Å². The number of Topliss-reactive ketones (excluding diaryl/α,β-unsaturated/α-hetero) is 1. The molecule has 3 rings (SSSR count). The number of ether oxygens (including phenoxy) is 5. The van der Waals surface area contributed by atoms with Gasteiger partial charge in [-0.05, 0) is 79.0 Å². The van der Waals surface area contributed by atoms with Crippen molar-refractivity contribution in [3.05, 3.63) is 41.1 Å². The predicted octanol–water partition coefficient (Wildman–Crippen LogP) is 5.74. The number of amides is 4. The number of nitrogens with zero attached hydrogens (tertiary/aromatic N) is 4. The van der Waals surface area contributed by atoms with Gasteiger partial charge in [-0.15, -0.1) is 5.01 Å². The maximum atomic E-state index is 14.1. The molecule has 4 amide bonds. The fraction of sp³-hybridized carbons (Fsp3) is 0.552. The van der Waals surface area contributed by atoms with E-state index in [-0.39, 0.29) is 22.8 Å². The molecule has 236 valence electrons. The number of carbonyl (C=O) groups excluding carboxylic acids is 5. The number of benzene rings is 1. The molecule has 0 aliphatic carbocycles. The Labute approximate surface area is 250 Å². The third-order valence-electron chi connectivity index (χ3n) is 5.80. The third kappa shape index (κ3) is 7.30. The van der Waals surface area contributed by atoms with Gasteiger partial charge in [-0.2, -0.15) is 5.01 Å². The molecule has 0 aromatic heterocycles. The van der Waals surface area contributed by atoms with Gasteiger partial charge >= 0.3 is 24.4 Å². The summed E-state index contributed by atoms with van der Waals surface area (Å²) in [7, 11) is 0. The van der Waals surface area contributed by atoms with Crippen molar-refractivity contribution in [1.29, 1.82) is 0 Å². The van der Waals surface area contributed by atoms with Gasteiger partial charge in [-0.25, -0.2) is 19.2 Å². The van der Waals surface area contributed by atoms with Crippen LogP contribution in [0.15, 0.2) is 30.0 Å². The van der Waals surface area contributed by atoms with Crippen molar-refractivity contribution in [3.8, 4) is 5.75 Å². The van der Waals surface area contributed by atoms with E-state index in [1.165, 1.54) is 0 Å². The minimum absolute atomic E-state index is 0.0663. The Hall–Kier alpha value is -4.49. The number of fused-ring (bicyclic) bond motifs is 2. The number of ketones is 1. The van der Waals surface area contributed by atoms with Crippen LogP contribution in [0.25, 0.3) is 0 Å². The fourth-order valence-corrected chi connectivity index (χ4v) is 4.05. The number of rotatable bonds is 5. The van der Waals surface area contributed by atoms with Crippen molar-refractivity contribution in [2.45, 2.75) is 106 Å². The Kier molecular flexibility index (Phi) is 10.1. The van der Waals surface area contributed by atoms with E-state index in [9.17, 15) is 24.0 Å². The molecule has 43 heavy (non-hydrogen) atoms. The van der Waals surface area contributed by atoms with E-state index in [0.29, 0.717) is 20.3 Å². The van der Waals surface area contributed by atoms with Crippen molar-refractivity contribution in [2.24, 2.45) is 0 Å². The van der Waals surface area contributed by atoms with Crippen molar-refractivity contribution >= 4 is 30.2 Å². The summed E-state index contributed by atoms with van der Waals surface area (Å²) < 4.78 is 27.7. The molecule has 0 radical (unpaired) electrons. The van der Waals surface area contributed by atoms with E-state index < -0.39 is 60.8 Å². The van der Waals surface area contributed by atoms with Crippen molar-refractivity contribution in [1.82, 2.24) is 20.3 Å². The zero-order valence-corrected chi connectivity index (χ0v) is 26.1. The number of hydrogen-bond acceptors (Lipinski definition) is 10. The molecule has 0 saturated carbocycles. The molecule has 14 heteroatoms. The standard InChI is InChI=1S/C29H40N4O10/c1-15(2)20-11-12-23-21(13-20)24(34)22-14-30(26(35)39-16(3)4)32(28(37)41-18(7)8)33(29(38)42-19(9)10)31(25(22)43-23)27(36)40-17(5)6/h11-19,25H,1-10H3. The highest BCUT2D eigenvalue weighted by Crippen LogP contribution is 2.38. The highest BCUT2D eigenvalue weighted by molar-refractivity contribution is 6.12. The summed E-state index contributed by atoms with van der Waals surface area (Å²) >= 11 is 0. The number of hydrogen-bond donors (Lipinski definition) is 0. The van der Waals surface area contributed by atoms with Crippen molar-refractivity contribution < 1.29 is 47.7 Å². The number of carbonyl (C=O) groups is 5. The smallest absolute Gasteiger partial charge is 0.451 e. The molecule has 1 aromatic carbocycles. The minimum Gasteiger partial charge on any atom is -0.463 e. The Morgan fingerprint density at radius 1 is 0.698 bits per heavy atom. The molecule has 2 heterocycles. The first-order chi connectivity index (χ1) is 20.0. The highest BCUT2D eigenvalue weighted by atomic mass is 16.6. The average Bonchev–Trinajstić information content (AvgIpc) is 3.02. The Morgan fingerprint density at radius 3 is 1.70 bits per heavy atom. The van der Waals surface area contributed by atoms with E-state index in [4.69, 9.17) is 23.7 Å². The summed E-state index contributed by atoms with van der Waals surface area (Å²) in [5.41, 5.74) is 0.703. The lowest BCUT2D eigenvalue weighted by molar-refractivity contribution is -0.218. The largest absolute Gasteiger partial charge is 0.463 e. The first kappa shape index (κ1) is 33.0. The van der Waals surface area contributed by atoms with Crippen LogP contribution in [0.5, 0.6) is 5.75 Å². The SMILES string of the molecule is CC(C)OC(=O)N1C=C2C(=O)c3cc(C(C)C)ccc3OC2N(C(=O)OC(C)C)N(C(=O)OC(C)C)N1C(=O)OC(C)C.